The van der Waals surface area contributed by atoms with E-state index in [0.29, 0.717) is 13.0 Å². The number of carbonyl (C=O) groups is 1. The van der Waals surface area contributed by atoms with Crippen LogP contribution in [-0.4, -0.2) is 38.8 Å². The number of amides is 1. The number of hydrogen-bond acceptors (Lipinski definition) is 4. The van der Waals surface area contributed by atoms with Gasteiger partial charge in [0.2, 0.25) is 5.91 Å². The molecule has 0 spiro atoms. The Morgan fingerprint density at radius 1 is 1.35 bits per heavy atom. The van der Waals surface area contributed by atoms with E-state index >= 15 is 0 Å². The van der Waals surface area contributed by atoms with Crippen LogP contribution in [0.1, 0.15) is 54.4 Å². The fourth-order valence-corrected chi connectivity index (χ4v) is 4.18. The zero-order valence-electron chi connectivity index (χ0n) is 15.3. The number of aryl methyl sites for hydroxylation is 2. The molecule has 138 valence electrons. The predicted molar refractivity (Wildman–Crippen MR) is 97.7 cm³/mol. The standard InChI is InChI=1S/C20H26N4O2/c1-12-4-3-5-16(8-12)20(6-7-20)19(26)21-11-15-9-14(10-17(15)25)18-22-13(2)23-24-18/h3-5,8,14-15,17,25H,6-7,9-11H2,1-2H3,(H,21,26)(H,22,23,24)/t14-,15+,17+/m0/s1. The molecule has 0 aliphatic heterocycles. The lowest BCUT2D eigenvalue weighted by molar-refractivity contribution is -0.123. The van der Waals surface area contributed by atoms with Crippen molar-refractivity contribution < 1.29 is 9.90 Å². The van der Waals surface area contributed by atoms with E-state index in [0.717, 1.165) is 36.5 Å². The average molecular weight is 354 g/mol. The summed E-state index contributed by atoms with van der Waals surface area (Å²) in [6, 6.07) is 8.23. The first-order valence-corrected chi connectivity index (χ1v) is 9.40. The lowest BCUT2D eigenvalue weighted by atomic mass is 9.93. The number of rotatable bonds is 5. The molecule has 1 heterocycles. The molecular formula is C20H26N4O2. The smallest absolute Gasteiger partial charge is 0.230 e. The van der Waals surface area contributed by atoms with Gasteiger partial charge in [-0.1, -0.05) is 29.8 Å². The normalized spacial score (nSPS) is 26.7. The van der Waals surface area contributed by atoms with Gasteiger partial charge in [0.05, 0.1) is 11.5 Å². The number of nitrogens with zero attached hydrogens (tertiary/aromatic N) is 2. The van der Waals surface area contributed by atoms with Gasteiger partial charge < -0.3 is 10.4 Å². The predicted octanol–water partition coefficient (Wildman–Crippen LogP) is 2.12. The molecule has 2 saturated carbocycles. The van der Waals surface area contributed by atoms with E-state index in [9.17, 15) is 9.90 Å². The fourth-order valence-electron chi connectivity index (χ4n) is 4.18. The maximum absolute atomic E-state index is 12.8. The van der Waals surface area contributed by atoms with Crippen molar-refractivity contribution in [1.82, 2.24) is 20.5 Å². The zero-order chi connectivity index (χ0) is 18.3. The van der Waals surface area contributed by atoms with Crippen molar-refractivity contribution in [3.05, 3.63) is 47.0 Å². The molecule has 2 fully saturated rings. The van der Waals surface area contributed by atoms with Gasteiger partial charge >= 0.3 is 0 Å². The highest BCUT2D eigenvalue weighted by Crippen LogP contribution is 2.48. The van der Waals surface area contributed by atoms with Crippen molar-refractivity contribution in [3.63, 3.8) is 0 Å². The Labute approximate surface area is 153 Å². The van der Waals surface area contributed by atoms with Crippen LogP contribution in [0.3, 0.4) is 0 Å². The molecule has 0 unspecified atom stereocenters. The molecule has 2 aliphatic carbocycles. The summed E-state index contributed by atoms with van der Waals surface area (Å²) in [4.78, 5) is 17.2. The van der Waals surface area contributed by atoms with Crippen molar-refractivity contribution in [2.45, 2.75) is 57.0 Å². The minimum Gasteiger partial charge on any atom is -0.393 e. The molecular weight excluding hydrogens is 328 g/mol. The lowest BCUT2D eigenvalue weighted by Gasteiger charge is -2.20. The van der Waals surface area contributed by atoms with Crippen LogP contribution in [0.5, 0.6) is 0 Å². The molecule has 1 aromatic heterocycles. The van der Waals surface area contributed by atoms with E-state index < -0.39 is 6.10 Å². The summed E-state index contributed by atoms with van der Waals surface area (Å²) >= 11 is 0. The monoisotopic (exact) mass is 354 g/mol. The molecule has 2 aliphatic rings. The lowest BCUT2D eigenvalue weighted by Crippen LogP contribution is -2.39. The Balaban J connectivity index is 1.37. The van der Waals surface area contributed by atoms with Crippen molar-refractivity contribution in [2.75, 3.05) is 6.54 Å². The molecule has 3 N–H and O–H groups in total. The van der Waals surface area contributed by atoms with E-state index in [1.165, 1.54) is 5.56 Å². The second-order valence-electron chi connectivity index (χ2n) is 7.94. The third-order valence-electron chi connectivity index (χ3n) is 5.92. The van der Waals surface area contributed by atoms with Gasteiger partial charge in [0.25, 0.3) is 0 Å². The molecule has 4 rings (SSSR count). The van der Waals surface area contributed by atoms with E-state index in [-0.39, 0.29) is 23.2 Å². The Hall–Kier alpha value is -2.21. The number of benzene rings is 1. The number of hydrogen-bond donors (Lipinski definition) is 3. The molecule has 1 amide bonds. The second kappa shape index (κ2) is 6.50. The van der Waals surface area contributed by atoms with Gasteiger partial charge in [-0.2, -0.15) is 5.10 Å². The third kappa shape index (κ3) is 3.14. The molecule has 1 aromatic carbocycles. The highest BCUT2D eigenvalue weighted by atomic mass is 16.3. The van der Waals surface area contributed by atoms with Gasteiger partial charge in [-0.15, -0.1) is 0 Å². The Kier molecular flexibility index (Phi) is 4.31. The third-order valence-corrected chi connectivity index (χ3v) is 5.92. The Morgan fingerprint density at radius 3 is 2.81 bits per heavy atom. The molecule has 6 heteroatoms. The van der Waals surface area contributed by atoms with Crippen LogP contribution in [0.25, 0.3) is 0 Å². The number of aromatic nitrogens is 3. The minimum atomic E-state index is -0.423. The number of aromatic amines is 1. The largest absolute Gasteiger partial charge is 0.393 e. The van der Waals surface area contributed by atoms with Gasteiger partial charge in [-0.3, -0.25) is 9.89 Å². The molecule has 26 heavy (non-hydrogen) atoms. The van der Waals surface area contributed by atoms with E-state index in [4.69, 9.17) is 0 Å². The van der Waals surface area contributed by atoms with Crippen molar-refractivity contribution >= 4 is 5.91 Å². The summed E-state index contributed by atoms with van der Waals surface area (Å²) in [6.45, 7) is 4.44. The number of aliphatic hydroxyl groups excluding tert-OH is 1. The summed E-state index contributed by atoms with van der Waals surface area (Å²) in [5.41, 5.74) is 1.92. The van der Waals surface area contributed by atoms with Crippen LogP contribution < -0.4 is 5.32 Å². The SMILES string of the molecule is Cc1cccc(C2(C(=O)NC[C@H]3C[C@H](c4n[nH]c(C)n4)C[C@H]3O)CC2)c1. The van der Waals surface area contributed by atoms with Crippen LogP contribution in [-0.2, 0) is 10.2 Å². The first kappa shape index (κ1) is 17.2. The molecule has 0 saturated heterocycles. The number of aliphatic hydroxyl groups is 1. The quantitative estimate of drug-likeness (QED) is 0.767. The van der Waals surface area contributed by atoms with Crippen molar-refractivity contribution in [3.8, 4) is 0 Å². The number of H-pyrrole nitrogens is 1. The summed E-state index contributed by atoms with van der Waals surface area (Å²) in [5, 5.41) is 20.6. The van der Waals surface area contributed by atoms with Gasteiger partial charge in [-0.25, -0.2) is 4.98 Å². The van der Waals surface area contributed by atoms with Crippen LogP contribution in [0.4, 0.5) is 0 Å². The van der Waals surface area contributed by atoms with Gasteiger partial charge in [0.1, 0.15) is 5.82 Å². The molecule has 3 atom stereocenters. The Bertz CT molecular complexity index is 812. The van der Waals surface area contributed by atoms with Gasteiger partial charge in [-0.05, 0) is 45.1 Å². The summed E-state index contributed by atoms with van der Waals surface area (Å²) in [5.74, 6) is 1.86. The summed E-state index contributed by atoms with van der Waals surface area (Å²) in [7, 11) is 0. The van der Waals surface area contributed by atoms with Crippen LogP contribution >= 0.6 is 0 Å². The van der Waals surface area contributed by atoms with E-state index in [2.05, 4.69) is 39.6 Å². The van der Waals surface area contributed by atoms with Crippen molar-refractivity contribution in [2.24, 2.45) is 5.92 Å². The summed E-state index contributed by atoms with van der Waals surface area (Å²) in [6.07, 6.45) is 2.83. The first-order chi connectivity index (χ1) is 12.5. The van der Waals surface area contributed by atoms with E-state index in [1.54, 1.807) is 0 Å². The first-order valence-electron chi connectivity index (χ1n) is 9.40. The van der Waals surface area contributed by atoms with Gasteiger partial charge in [0, 0.05) is 18.4 Å². The molecule has 2 aromatic rings. The van der Waals surface area contributed by atoms with Crippen molar-refractivity contribution in [1.29, 1.82) is 0 Å². The number of nitrogens with one attached hydrogen (secondary N) is 2. The maximum Gasteiger partial charge on any atom is 0.230 e. The number of carbonyl (C=O) groups excluding carboxylic acids is 1. The van der Waals surface area contributed by atoms with Crippen LogP contribution in [0.15, 0.2) is 24.3 Å². The fraction of sp³-hybridized carbons (Fsp3) is 0.550. The molecule has 0 radical (unpaired) electrons. The maximum atomic E-state index is 12.8. The minimum absolute atomic E-state index is 0.0519. The second-order valence-corrected chi connectivity index (χ2v) is 7.94. The van der Waals surface area contributed by atoms with E-state index in [1.807, 2.05) is 19.1 Å². The van der Waals surface area contributed by atoms with Crippen LogP contribution in [0, 0.1) is 19.8 Å². The highest BCUT2D eigenvalue weighted by molar-refractivity contribution is 5.91. The van der Waals surface area contributed by atoms with Crippen LogP contribution in [0.2, 0.25) is 0 Å². The summed E-state index contributed by atoms with van der Waals surface area (Å²) < 4.78 is 0. The average Bonchev–Trinajstić information content (AvgIpc) is 3.19. The topological polar surface area (TPSA) is 90.9 Å². The van der Waals surface area contributed by atoms with Gasteiger partial charge in [0.15, 0.2) is 5.82 Å². The molecule has 6 nitrogen and oxygen atoms in total. The zero-order valence-corrected chi connectivity index (χ0v) is 15.3. The Morgan fingerprint density at radius 2 is 2.15 bits per heavy atom. The highest BCUT2D eigenvalue weighted by Gasteiger charge is 2.51. The molecule has 0 bridgehead atoms.